The van der Waals surface area contributed by atoms with Gasteiger partial charge in [0.1, 0.15) is 0 Å². The van der Waals surface area contributed by atoms with Crippen molar-refractivity contribution >= 4 is 28.0 Å². The summed E-state index contributed by atoms with van der Waals surface area (Å²) in [6.45, 7) is 7.41. The van der Waals surface area contributed by atoms with Crippen LogP contribution < -0.4 is 5.73 Å². The number of nitrogen functional groups attached to an aromatic ring is 1. The maximum atomic E-state index is 12.0. The van der Waals surface area contributed by atoms with E-state index in [0.29, 0.717) is 16.5 Å². The van der Waals surface area contributed by atoms with Gasteiger partial charge in [-0.2, -0.15) is 9.36 Å². The molecule has 0 aliphatic heterocycles. The molecule has 82 valence electrons. The van der Waals surface area contributed by atoms with E-state index in [1.807, 2.05) is 20.8 Å². The number of nitrogens with two attached hydrogens (primary N) is 1. The molecule has 5 heteroatoms. The van der Waals surface area contributed by atoms with E-state index in [4.69, 9.17) is 5.73 Å². The molecule has 0 spiro atoms. The fourth-order valence-corrected chi connectivity index (χ4v) is 1.56. The number of anilines is 1. The third kappa shape index (κ3) is 2.62. The summed E-state index contributed by atoms with van der Waals surface area (Å²) in [4.78, 5) is 16.0. The molecule has 0 aliphatic carbocycles. The summed E-state index contributed by atoms with van der Waals surface area (Å²) in [5, 5.41) is 0.381. The Morgan fingerprint density at radius 1 is 1.47 bits per heavy atom. The predicted octanol–water partition coefficient (Wildman–Crippen LogP) is 2.14. The Morgan fingerprint density at radius 2 is 2.07 bits per heavy atom. The largest absolute Gasteiger partial charge is 0.374 e. The lowest BCUT2D eigenvalue weighted by Gasteiger charge is -2.17. The van der Waals surface area contributed by atoms with Crippen LogP contribution in [0.4, 0.5) is 5.13 Å². The maximum Gasteiger partial charge on any atom is 0.200 e. The number of aromatic nitrogens is 2. The Kier molecular flexibility index (Phi) is 3.24. The first-order valence-corrected chi connectivity index (χ1v) is 5.44. The van der Waals surface area contributed by atoms with Crippen LogP contribution in [0.5, 0.6) is 0 Å². The van der Waals surface area contributed by atoms with Crippen molar-refractivity contribution in [2.75, 3.05) is 5.73 Å². The number of hydrogen-bond donors (Lipinski definition) is 1. The molecule has 0 saturated heterocycles. The fraction of sp³-hybridized carbons (Fsp3) is 0.500. The van der Waals surface area contributed by atoms with Crippen molar-refractivity contribution in [1.29, 1.82) is 0 Å². The molecular formula is C10H15N3OS. The highest BCUT2D eigenvalue weighted by atomic mass is 32.1. The molecule has 0 fully saturated rings. The average Bonchev–Trinajstić information content (AvgIpc) is 2.51. The monoisotopic (exact) mass is 225 g/mol. The topological polar surface area (TPSA) is 68.9 Å². The van der Waals surface area contributed by atoms with Crippen LogP contribution in [0.3, 0.4) is 0 Å². The number of carbonyl (C=O) groups excluding carboxylic acids is 1. The summed E-state index contributed by atoms with van der Waals surface area (Å²) in [7, 11) is 0. The number of hydrogen-bond acceptors (Lipinski definition) is 5. The molecule has 2 N–H and O–H groups in total. The SMILES string of the molecule is C/C=C(\C(=O)C(C)(C)C)c1nsc(N)n1. The van der Waals surface area contributed by atoms with Gasteiger partial charge in [-0.05, 0) is 6.92 Å². The number of nitrogens with zero attached hydrogens (tertiary/aromatic N) is 2. The smallest absolute Gasteiger partial charge is 0.200 e. The van der Waals surface area contributed by atoms with Crippen molar-refractivity contribution in [2.45, 2.75) is 27.7 Å². The lowest BCUT2D eigenvalue weighted by atomic mass is 9.86. The molecule has 15 heavy (non-hydrogen) atoms. The average molecular weight is 225 g/mol. The minimum Gasteiger partial charge on any atom is -0.374 e. The number of allylic oxidation sites excluding steroid dienone is 2. The summed E-state index contributed by atoms with van der Waals surface area (Å²) >= 11 is 1.10. The van der Waals surface area contributed by atoms with Gasteiger partial charge in [0, 0.05) is 16.9 Å². The van der Waals surface area contributed by atoms with Crippen LogP contribution >= 0.6 is 11.5 Å². The van der Waals surface area contributed by atoms with Crippen LogP contribution in [0.2, 0.25) is 0 Å². The summed E-state index contributed by atoms with van der Waals surface area (Å²) in [5.41, 5.74) is 5.60. The Balaban J connectivity index is 3.07. The lowest BCUT2D eigenvalue weighted by Crippen LogP contribution is -2.21. The standard InChI is InChI=1S/C10H15N3OS/c1-5-6(7(14)10(2,3)4)8-12-9(11)15-13-8/h5H,1-4H3,(H2,11,12,13)/b6-5+. The molecule has 0 unspecified atom stereocenters. The van der Waals surface area contributed by atoms with Gasteiger partial charge in [0.2, 0.25) is 0 Å². The van der Waals surface area contributed by atoms with E-state index in [2.05, 4.69) is 9.36 Å². The van der Waals surface area contributed by atoms with Crippen molar-refractivity contribution in [3.05, 3.63) is 11.9 Å². The van der Waals surface area contributed by atoms with Crippen molar-refractivity contribution in [2.24, 2.45) is 5.41 Å². The van der Waals surface area contributed by atoms with E-state index < -0.39 is 5.41 Å². The Bertz CT molecular complexity index is 401. The van der Waals surface area contributed by atoms with Crippen LogP contribution in [-0.4, -0.2) is 15.1 Å². The van der Waals surface area contributed by atoms with E-state index in [1.165, 1.54) is 0 Å². The van der Waals surface area contributed by atoms with Gasteiger partial charge >= 0.3 is 0 Å². The fourth-order valence-electron chi connectivity index (χ4n) is 1.11. The molecule has 4 nitrogen and oxygen atoms in total. The Hall–Kier alpha value is -1.23. The van der Waals surface area contributed by atoms with E-state index in [0.717, 1.165) is 11.5 Å². The number of carbonyl (C=O) groups is 1. The molecule has 1 rings (SSSR count). The van der Waals surface area contributed by atoms with Gasteiger partial charge in [-0.1, -0.05) is 26.8 Å². The first-order chi connectivity index (χ1) is 6.86. The number of rotatable bonds is 2. The highest BCUT2D eigenvalue weighted by molar-refractivity contribution is 7.09. The van der Waals surface area contributed by atoms with Gasteiger partial charge in [-0.15, -0.1) is 0 Å². The van der Waals surface area contributed by atoms with E-state index in [9.17, 15) is 4.79 Å². The maximum absolute atomic E-state index is 12.0. The van der Waals surface area contributed by atoms with Gasteiger partial charge < -0.3 is 5.73 Å². The molecule has 0 bridgehead atoms. The summed E-state index contributed by atoms with van der Waals surface area (Å²) in [6, 6.07) is 0. The Morgan fingerprint density at radius 3 is 2.40 bits per heavy atom. The summed E-state index contributed by atoms with van der Waals surface area (Å²) < 4.78 is 4.04. The first kappa shape index (κ1) is 11.8. The van der Waals surface area contributed by atoms with Crippen molar-refractivity contribution < 1.29 is 4.79 Å². The zero-order chi connectivity index (χ0) is 11.6. The van der Waals surface area contributed by atoms with Crippen LogP contribution in [0.25, 0.3) is 5.57 Å². The van der Waals surface area contributed by atoms with Crippen molar-refractivity contribution in [3.8, 4) is 0 Å². The molecule has 1 heterocycles. The normalized spacial score (nSPS) is 12.9. The molecule has 0 aromatic carbocycles. The molecule has 1 aromatic rings. The summed E-state index contributed by atoms with van der Waals surface area (Å²) in [5.74, 6) is 0.461. The minimum atomic E-state index is -0.429. The van der Waals surface area contributed by atoms with Crippen LogP contribution in [-0.2, 0) is 4.79 Å². The predicted molar refractivity (Wildman–Crippen MR) is 62.4 cm³/mol. The molecule has 0 radical (unpaired) electrons. The van der Waals surface area contributed by atoms with Crippen molar-refractivity contribution in [1.82, 2.24) is 9.36 Å². The number of ketones is 1. The summed E-state index contributed by atoms with van der Waals surface area (Å²) in [6.07, 6.45) is 1.73. The first-order valence-electron chi connectivity index (χ1n) is 4.67. The molecule has 0 aliphatic rings. The molecule has 0 amide bonds. The van der Waals surface area contributed by atoms with E-state index in [1.54, 1.807) is 13.0 Å². The highest BCUT2D eigenvalue weighted by Gasteiger charge is 2.27. The molecule has 0 saturated carbocycles. The third-order valence-electron chi connectivity index (χ3n) is 1.90. The molecular weight excluding hydrogens is 210 g/mol. The van der Waals surface area contributed by atoms with Crippen LogP contribution in [0, 0.1) is 5.41 Å². The number of Topliss-reactive ketones (excluding diaryl/α,β-unsaturated/α-hetero) is 1. The van der Waals surface area contributed by atoms with Crippen LogP contribution in [0.1, 0.15) is 33.5 Å². The zero-order valence-corrected chi connectivity index (χ0v) is 10.2. The lowest BCUT2D eigenvalue weighted by molar-refractivity contribution is -0.120. The van der Waals surface area contributed by atoms with Gasteiger partial charge in [0.05, 0.1) is 5.57 Å². The zero-order valence-electron chi connectivity index (χ0n) is 9.37. The quantitative estimate of drug-likeness (QED) is 0.783. The van der Waals surface area contributed by atoms with Gasteiger partial charge in [-0.25, -0.2) is 0 Å². The second kappa shape index (κ2) is 4.10. The minimum absolute atomic E-state index is 0.0304. The van der Waals surface area contributed by atoms with Gasteiger partial charge in [0.15, 0.2) is 16.7 Å². The van der Waals surface area contributed by atoms with Gasteiger partial charge in [-0.3, -0.25) is 4.79 Å². The second-order valence-corrected chi connectivity index (χ2v) is 5.02. The van der Waals surface area contributed by atoms with Gasteiger partial charge in [0.25, 0.3) is 0 Å². The molecule has 1 aromatic heterocycles. The van der Waals surface area contributed by atoms with E-state index >= 15 is 0 Å². The molecule has 0 atom stereocenters. The van der Waals surface area contributed by atoms with E-state index in [-0.39, 0.29) is 5.78 Å². The highest BCUT2D eigenvalue weighted by Crippen LogP contribution is 2.26. The second-order valence-electron chi connectivity index (χ2n) is 4.24. The third-order valence-corrected chi connectivity index (χ3v) is 2.44. The van der Waals surface area contributed by atoms with Crippen LogP contribution in [0.15, 0.2) is 6.08 Å². The Labute approximate surface area is 93.4 Å². The van der Waals surface area contributed by atoms with Crippen molar-refractivity contribution in [3.63, 3.8) is 0 Å².